The fourth-order valence-electron chi connectivity index (χ4n) is 12.1. The highest BCUT2D eigenvalue weighted by molar-refractivity contribution is 7.13. The molecule has 2 bridgehead atoms. The molecule has 5 aliphatic rings. The number of hydrogen-bond acceptors (Lipinski definition) is 18. The van der Waals surface area contributed by atoms with Crippen molar-refractivity contribution in [2.24, 2.45) is 5.92 Å². The first-order chi connectivity index (χ1) is 37.8. The summed E-state index contributed by atoms with van der Waals surface area (Å²) in [6.45, 7) is 12.6. The summed E-state index contributed by atoms with van der Waals surface area (Å²) in [6.07, 6.45) is 8.22. The summed E-state index contributed by atoms with van der Waals surface area (Å²) in [5.74, 6) is 0.391. The number of phenols is 1. The number of nitrogens with two attached hydrogens (primary N) is 1. The maximum absolute atomic E-state index is 14.2. The van der Waals surface area contributed by atoms with Crippen molar-refractivity contribution in [3.63, 3.8) is 0 Å². The summed E-state index contributed by atoms with van der Waals surface area (Å²) >= 11 is 1.59. The molecule has 4 saturated heterocycles. The van der Waals surface area contributed by atoms with Gasteiger partial charge < -0.3 is 59.6 Å². The van der Waals surface area contributed by atoms with Crippen LogP contribution >= 0.6 is 11.3 Å². The third kappa shape index (κ3) is 11.6. The highest BCUT2D eigenvalue weighted by Crippen LogP contribution is 2.41. The van der Waals surface area contributed by atoms with Crippen LogP contribution in [0.15, 0.2) is 89.0 Å². The molecule has 8 heterocycles. The Morgan fingerprint density at radius 1 is 0.885 bits per heavy atom. The number of amides is 2. The van der Waals surface area contributed by atoms with Crippen molar-refractivity contribution in [2.45, 2.75) is 134 Å². The molecule has 78 heavy (non-hydrogen) atoms. The number of ether oxygens (including phenoxy) is 3. The van der Waals surface area contributed by atoms with Crippen molar-refractivity contribution in [3.8, 4) is 39.2 Å². The number of pyridine rings is 1. The van der Waals surface area contributed by atoms with Crippen molar-refractivity contribution in [1.29, 1.82) is 0 Å². The van der Waals surface area contributed by atoms with Gasteiger partial charge in [0.05, 0.1) is 58.4 Å². The zero-order valence-electron chi connectivity index (χ0n) is 44.8. The fourth-order valence-corrected chi connectivity index (χ4v) is 12.9. The quantitative estimate of drug-likeness (QED) is 0.0574. The van der Waals surface area contributed by atoms with Crippen molar-refractivity contribution in [2.75, 3.05) is 61.4 Å². The van der Waals surface area contributed by atoms with E-state index < -0.39 is 18.1 Å². The Labute approximate surface area is 459 Å². The van der Waals surface area contributed by atoms with Gasteiger partial charge in [-0.15, -0.1) is 21.5 Å². The monoisotopic (exact) mass is 1080 g/mol. The molecular formula is C58H71N11O8S. The number of aliphatic hydroxyl groups excluding tert-OH is 1. The number of carbonyl (C=O) groups excluding carboxylic acids is 2. The Bertz CT molecular complexity index is 3020. The number of thiazole rings is 1. The van der Waals surface area contributed by atoms with Crippen LogP contribution in [0.25, 0.3) is 21.7 Å². The van der Waals surface area contributed by atoms with Gasteiger partial charge in [-0.2, -0.15) is 0 Å². The van der Waals surface area contributed by atoms with Crippen LogP contribution in [0.1, 0.15) is 101 Å². The summed E-state index contributed by atoms with van der Waals surface area (Å²) in [5.41, 5.74) is 14.4. The number of aromatic hydroxyl groups is 1. The zero-order valence-corrected chi connectivity index (χ0v) is 45.6. The van der Waals surface area contributed by atoms with Gasteiger partial charge in [-0.1, -0.05) is 50.2 Å². The number of anilines is 3. The number of carbonyl (C=O) groups is 2. The van der Waals surface area contributed by atoms with Gasteiger partial charge in [0, 0.05) is 100 Å². The van der Waals surface area contributed by atoms with E-state index in [9.17, 15) is 19.8 Å². The topological polar surface area (TPSA) is 231 Å². The number of benzene rings is 2. The average molecular weight is 1080 g/mol. The lowest BCUT2D eigenvalue weighted by Gasteiger charge is -2.43. The molecule has 5 fully saturated rings. The third-order valence-electron chi connectivity index (χ3n) is 16.3. The lowest BCUT2D eigenvalue weighted by molar-refractivity contribution is -0.141. The van der Waals surface area contributed by atoms with Gasteiger partial charge >= 0.3 is 0 Å². The van der Waals surface area contributed by atoms with Crippen molar-refractivity contribution >= 4 is 40.3 Å². The fraction of sp³-hybridized carbons (Fsp3) is 0.500. The van der Waals surface area contributed by atoms with E-state index in [0.717, 1.165) is 111 Å². The molecule has 1 aliphatic carbocycles. The molecule has 6 atom stereocenters. The Morgan fingerprint density at radius 2 is 1.65 bits per heavy atom. The number of β-amino-alcohol motifs (C(OH)–C–C–N with tert-alkyl or cyclic N) is 1. The van der Waals surface area contributed by atoms with Crippen LogP contribution in [0.3, 0.4) is 0 Å². The molecule has 20 heteroatoms. The number of para-hydroxylation sites is 1. The molecule has 0 radical (unpaired) electrons. The van der Waals surface area contributed by atoms with Crippen LogP contribution in [-0.4, -0.2) is 146 Å². The smallest absolute Gasteiger partial charge is 0.254 e. The minimum atomic E-state index is -0.825. The molecule has 6 aromatic rings. The number of aryl methyl sites for hydroxylation is 1. The molecule has 0 spiro atoms. The Balaban J connectivity index is 0.589. The first kappa shape index (κ1) is 53.1. The van der Waals surface area contributed by atoms with Crippen LogP contribution in [0.4, 0.5) is 17.2 Å². The molecule has 4 aromatic heterocycles. The second-order valence-electron chi connectivity index (χ2n) is 22.1. The summed E-state index contributed by atoms with van der Waals surface area (Å²) in [4.78, 5) is 46.8. The van der Waals surface area contributed by atoms with Crippen molar-refractivity contribution < 1.29 is 38.5 Å². The van der Waals surface area contributed by atoms with Gasteiger partial charge in [0.2, 0.25) is 17.7 Å². The summed E-state index contributed by atoms with van der Waals surface area (Å²) in [5, 5.41) is 37.0. The zero-order chi connectivity index (χ0) is 54.0. The van der Waals surface area contributed by atoms with Crippen molar-refractivity contribution in [1.82, 2.24) is 40.4 Å². The number of nitrogens with zero attached hydrogens (tertiary/aromatic N) is 9. The van der Waals surface area contributed by atoms with Gasteiger partial charge in [-0.3, -0.25) is 9.59 Å². The number of nitrogen functional groups attached to an aromatic ring is 1. The lowest BCUT2D eigenvalue weighted by Crippen LogP contribution is -2.54. The Hall–Kier alpha value is -6.87. The largest absolute Gasteiger partial charge is 0.507 e. The van der Waals surface area contributed by atoms with E-state index in [0.29, 0.717) is 53.3 Å². The molecule has 5 N–H and O–H groups in total. The third-order valence-corrected chi connectivity index (χ3v) is 17.3. The van der Waals surface area contributed by atoms with Gasteiger partial charge in [-0.25, -0.2) is 9.97 Å². The Kier molecular flexibility index (Phi) is 15.8. The van der Waals surface area contributed by atoms with Crippen LogP contribution in [0, 0.1) is 12.8 Å². The second-order valence-corrected chi connectivity index (χ2v) is 22.9. The number of fused-ring (bicyclic) bond motifs is 2. The summed E-state index contributed by atoms with van der Waals surface area (Å²) in [6, 6.07) is 22.4. The number of rotatable bonds is 19. The van der Waals surface area contributed by atoms with E-state index >= 15 is 0 Å². The number of aromatic nitrogens is 5. The predicted molar refractivity (Wildman–Crippen MR) is 296 cm³/mol. The number of piperazine rings is 1. The minimum absolute atomic E-state index is 0.0565. The SMILES string of the molecule is Cc1ncsc1-c1ccc([C@H](C)NC(=O)[C@@H]2C[C@@H](O)CN2C(=O)[C@H](c2cc(OCCCN3CCC(OC4CC(Oc5cc(N6C7CC[C@@H]6CN(c6cc(-c8ccccc8O)nnc6N)C7)ccn5)C4)CC3)no2)C(C)C)cc1. The number of hydrogen-bond donors (Lipinski definition) is 4. The van der Waals surface area contributed by atoms with E-state index in [-0.39, 0.29) is 60.8 Å². The van der Waals surface area contributed by atoms with Crippen LogP contribution < -0.4 is 30.3 Å². The second kappa shape index (κ2) is 23.2. The van der Waals surface area contributed by atoms with Gasteiger partial charge in [0.25, 0.3) is 5.88 Å². The summed E-state index contributed by atoms with van der Waals surface area (Å²) in [7, 11) is 0. The van der Waals surface area contributed by atoms with E-state index in [1.54, 1.807) is 29.5 Å². The molecule has 412 valence electrons. The van der Waals surface area contributed by atoms with Crippen LogP contribution in [0.2, 0.25) is 0 Å². The molecule has 1 unspecified atom stereocenters. The maximum atomic E-state index is 14.2. The lowest BCUT2D eigenvalue weighted by atomic mass is 9.91. The van der Waals surface area contributed by atoms with Crippen LogP contribution in [0.5, 0.6) is 17.5 Å². The van der Waals surface area contributed by atoms with E-state index in [4.69, 9.17) is 24.5 Å². The molecule has 2 amide bonds. The highest BCUT2D eigenvalue weighted by Gasteiger charge is 2.45. The number of nitrogens with one attached hydrogen (secondary N) is 1. The van der Waals surface area contributed by atoms with Gasteiger partial charge in [0.1, 0.15) is 23.8 Å². The summed E-state index contributed by atoms with van der Waals surface area (Å²) < 4.78 is 24.7. The molecule has 4 aliphatic heterocycles. The minimum Gasteiger partial charge on any atom is -0.507 e. The molecular weight excluding hydrogens is 1010 g/mol. The van der Waals surface area contributed by atoms with E-state index in [1.165, 1.54) is 4.90 Å². The van der Waals surface area contributed by atoms with Crippen molar-refractivity contribution in [3.05, 3.63) is 102 Å². The first-order valence-corrected chi connectivity index (χ1v) is 28.5. The van der Waals surface area contributed by atoms with Gasteiger partial charge in [0.15, 0.2) is 11.6 Å². The molecule has 11 rings (SSSR count). The van der Waals surface area contributed by atoms with E-state index in [1.807, 2.05) is 81.9 Å². The van der Waals surface area contributed by atoms with Gasteiger partial charge in [-0.05, 0) is 92.4 Å². The first-order valence-electron chi connectivity index (χ1n) is 27.7. The maximum Gasteiger partial charge on any atom is 0.254 e. The Morgan fingerprint density at radius 3 is 2.38 bits per heavy atom. The predicted octanol–water partition coefficient (Wildman–Crippen LogP) is 7.54. The number of piperidine rings is 1. The molecule has 19 nitrogen and oxygen atoms in total. The number of aliphatic hydroxyl groups is 1. The molecule has 2 aromatic carbocycles. The number of likely N-dealkylation sites (tertiary alicyclic amines) is 2. The molecule has 1 saturated carbocycles. The number of phenolic OH excluding ortho intramolecular Hbond substituents is 1. The van der Waals surface area contributed by atoms with Crippen LogP contribution in [-0.2, 0) is 14.3 Å². The highest BCUT2D eigenvalue weighted by atomic mass is 32.1. The average Bonchev–Trinajstić information content (AvgIpc) is 4.28. The normalized spacial score (nSPS) is 23.3. The van der Waals surface area contributed by atoms with E-state index in [2.05, 4.69) is 57.5 Å². The standard InChI is InChI=1S/C58H71N11O8S/c1-34(2)54(58(73)68-32-42(70)25-49(68)57(72)62-35(3)37-10-12-38(13-11-37)55-36(4)61-33-78-55)51-29-53(65-77-51)74-23-7-20-66-21-17-43(18-22-66)75-44-26-45(27-44)76-52-24-39(16-19-60-52)69-40-14-15-41(69)31-67(30-40)48-28-47(63-64-56(48)59)46-8-5-6-9-50(46)71/h5-6,8-13,16,19,24,28-29,33-35,40-45,49,54,70-71H,7,14-15,17-18,20-23,25-27,30-32H2,1-4H3,(H2,59,64)(H,62,72)/t35-,40+,41?,42+,44?,45?,49-,54-/m0/s1.